The van der Waals surface area contributed by atoms with E-state index in [0.717, 1.165) is 49.1 Å². The van der Waals surface area contributed by atoms with Gasteiger partial charge in [-0.15, -0.1) is 0 Å². The van der Waals surface area contributed by atoms with Crippen LogP contribution in [0, 0.1) is 11.8 Å². The Morgan fingerprint density at radius 2 is 2.00 bits per heavy atom. The fraction of sp³-hybridized carbons (Fsp3) is 0.577. The van der Waals surface area contributed by atoms with Gasteiger partial charge in [0.05, 0.1) is 24.1 Å². The highest BCUT2D eigenvalue weighted by Gasteiger charge is 2.29. The van der Waals surface area contributed by atoms with E-state index in [1.165, 1.54) is 25.7 Å². The van der Waals surface area contributed by atoms with E-state index in [4.69, 9.17) is 4.98 Å². The highest BCUT2D eigenvalue weighted by Crippen LogP contribution is 2.33. The number of amides is 2. The zero-order valence-electron chi connectivity index (χ0n) is 20.4. The fourth-order valence-electron chi connectivity index (χ4n) is 5.58. The number of carbonyl (C=O) groups excluding carboxylic acids is 2. The summed E-state index contributed by atoms with van der Waals surface area (Å²) in [7, 11) is 0. The van der Waals surface area contributed by atoms with E-state index in [1.54, 1.807) is 21.5 Å². The monoisotopic (exact) mass is 477 g/mol. The molecule has 9 heteroatoms. The van der Waals surface area contributed by atoms with Crippen LogP contribution in [0.2, 0.25) is 0 Å². The maximum atomic E-state index is 13.3. The molecular weight excluding hydrogens is 442 g/mol. The normalized spacial score (nSPS) is 20.4. The Morgan fingerprint density at radius 1 is 1.17 bits per heavy atom. The van der Waals surface area contributed by atoms with Crippen LogP contribution in [-0.2, 0) is 17.8 Å². The second kappa shape index (κ2) is 10.6. The molecule has 0 bridgehead atoms. The molecule has 3 aromatic rings. The summed E-state index contributed by atoms with van der Waals surface area (Å²) >= 11 is 0. The molecular formula is C26H35N7O2. The summed E-state index contributed by atoms with van der Waals surface area (Å²) in [6, 6.07) is 3.60. The van der Waals surface area contributed by atoms with Gasteiger partial charge in [0.2, 0.25) is 5.91 Å². The quantitative estimate of drug-likeness (QED) is 0.507. The molecule has 0 spiro atoms. The standard InChI is InChI=1S/C26H35N7O2/c1-2-32-22(11-13-28-32)26(35)31-24(19-8-5-3-4-6-9-19)21-17-33-23(30-21)15-18(16-29-33)14-20-10-7-12-27-25(20)34/h11,13,15-17,19-20,24H,2-10,12,14H2,1H3,(H,27,34)(H,31,35)/t20?,24-/m0/s1. The first-order valence-corrected chi connectivity index (χ1v) is 13.1. The van der Waals surface area contributed by atoms with E-state index in [0.29, 0.717) is 24.6 Å². The molecule has 2 amide bonds. The third kappa shape index (κ3) is 5.23. The van der Waals surface area contributed by atoms with Crippen LogP contribution in [0.1, 0.15) is 86.1 Å². The predicted octanol–water partition coefficient (Wildman–Crippen LogP) is 3.46. The summed E-state index contributed by atoms with van der Waals surface area (Å²) in [6.45, 7) is 3.39. The Kier molecular flexibility index (Phi) is 7.11. The molecule has 1 aliphatic carbocycles. The van der Waals surface area contributed by atoms with Crippen LogP contribution in [-0.4, -0.2) is 42.7 Å². The minimum Gasteiger partial charge on any atom is -0.356 e. The number of fused-ring (bicyclic) bond motifs is 1. The molecule has 1 aliphatic heterocycles. The minimum absolute atomic E-state index is 0.0103. The topological polar surface area (TPSA) is 106 Å². The van der Waals surface area contributed by atoms with Crippen molar-refractivity contribution in [1.29, 1.82) is 0 Å². The van der Waals surface area contributed by atoms with Crippen molar-refractivity contribution in [3.05, 3.63) is 47.7 Å². The number of aryl methyl sites for hydroxylation is 1. The number of imidazole rings is 1. The SMILES string of the molecule is CCn1nccc1C(=O)N[C@H](c1cn2ncc(CC3CCCNC3=O)cc2n1)C1CCCCCC1. The number of hydrogen-bond acceptors (Lipinski definition) is 5. The second-order valence-corrected chi connectivity index (χ2v) is 9.90. The van der Waals surface area contributed by atoms with Gasteiger partial charge in [-0.1, -0.05) is 25.7 Å². The van der Waals surface area contributed by atoms with Gasteiger partial charge in [-0.25, -0.2) is 9.50 Å². The van der Waals surface area contributed by atoms with Gasteiger partial charge < -0.3 is 10.6 Å². The van der Waals surface area contributed by atoms with Crippen LogP contribution in [0.5, 0.6) is 0 Å². The molecule has 2 aliphatic rings. The van der Waals surface area contributed by atoms with E-state index in [-0.39, 0.29) is 23.8 Å². The zero-order chi connectivity index (χ0) is 24.2. The molecule has 2 N–H and O–H groups in total. The molecule has 4 heterocycles. The molecule has 9 nitrogen and oxygen atoms in total. The number of carbonyl (C=O) groups is 2. The predicted molar refractivity (Wildman–Crippen MR) is 132 cm³/mol. The van der Waals surface area contributed by atoms with E-state index in [9.17, 15) is 9.59 Å². The van der Waals surface area contributed by atoms with Crippen LogP contribution in [0.3, 0.4) is 0 Å². The number of hydrogen-bond donors (Lipinski definition) is 2. The Labute approximate surface area is 205 Å². The van der Waals surface area contributed by atoms with Crippen molar-refractivity contribution < 1.29 is 9.59 Å². The molecule has 5 rings (SSSR count). The summed E-state index contributed by atoms with van der Waals surface area (Å²) in [4.78, 5) is 30.4. The Bertz CT molecular complexity index is 1180. The van der Waals surface area contributed by atoms with E-state index < -0.39 is 0 Å². The summed E-state index contributed by atoms with van der Waals surface area (Å²) in [5.41, 5.74) is 3.17. The molecule has 2 fully saturated rings. The first-order chi connectivity index (χ1) is 17.1. The van der Waals surface area contributed by atoms with E-state index >= 15 is 0 Å². The van der Waals surface area contributed by atoms with Crippen LogP contribution < -0.4 is 10.6 Å². The van der Waals surface area contributed by atoms with E-state index in [1.807, 2.05) is 25.4 Å². The van der Waals surface area contributed by atoms with Gasteiger partial charge >= 0.3 is 0 Å². The number of nitrogens with zero attached hydrogens (tertiary/aromatic N) is 5. The molecule has 1 unspecified atom stereocenters. The van der Waals surface area contributed by atoms with Gasteiger partial charge in [0, 0.05) is 25.2 Å². The van der Waals surface area contributed by atoms with Crippen molar-refractivity contribution in [1.82, 2.24) is 35.0 Å². The van der Waals surface area contributed by atoms with Crippen LogP contribution >= 0.6 is 0 Å². The number of piperidine rings is 1. The lowest BCUT2D eigenvalue weighted by Gasteiger charge is -2.26. The lowest BCUT2D eigenvalue weighted by Crippen LogP contribution is -2.37. The Balaban J connectivity index is 1.41. The summed E-state index contributed by atoms with van der Waals surface area (Å²) in [6.07, 6.45) is 15.0. The van der Waals surface area contributed by atoms with Gasteiger partial charge in [0.1, 0.15) is 5.69 Å². The highest BCUT2D eigenvalue weighted by atomic mass is 16.2. The average molecular weight is 478 g/mol. The van der Waals surface area contributed by atoms with Crippen molar-refractivity contribution in [2.24, 2.45) is 11.8 Å². The third-order valence-corrected chi connectivity index (χ3v) is 7.50. The lowest BCUT2D eigenvalue weighted by atomic mass is 9.90. The Morgan fingerprint density at radius 3 is 2.77 bits per heavy atom. The van der Waals surface area contributed by atoms with Gasteiger partial charge in [0.25, 0.3) is 5.91 Å². The average Bonchev–Trinajstić information content (AvgIpc) is 3.43. The molecule has 3 aromatic heterocycles. The first-order valence-electron chi connectivity index (χ1n) is 13.1. The summed E-state index contributed by atoms with van der Waals surface area (Å²) in [5, 5.41) is 15.1. The van der Waals surface area contributed by atoms with Crippen molar-refractivity contribution in [3.8, 4) is 0 Å². The Hall–Kier alpha value is -3.23. The maximum Gasteiger partial charge on any atom is 0.270 e. The van der Waals surface area contributed by atoms with Crippen molar-refractivity contribution in [2.75, 3.05) is 6.54 Å². The van der Waals surface area contributed by atoms with Crippen molar-refractivity contribution in [2.45, 2.75) is 77.3 Å². The number of aromatic nitrogens is 5. The van der Waals surface area contributed by atoms with Gasteiger partial charge in [-0.05, 0) is 62.6 Å². The zero-order valence-corrected chi connectivity index (χ0v) is 20.4. The van der Waals surface area contributed by atoms with Crippen molar-refractivity contribution >= 4 is 17.5 Å². The van der Waals surface area contributed by atoms with Gasteiger partial charge in [0.15, 0.2) is 5.65 Å². The number of nitrogens with one attached hydrogen (secondary N) is 2. The molecule has 186 valence electrons. The number of rotatable bonds is 7. The van der Waals surface area contributed by atoms with Crippen LogP contribution in [0.25, 0.3) is 5.65 Å². The summed E-state index contributed by atoms with van der Waals surface area (Å²) in [5.74, 6) is 0.328. The highest BCUT2D eigenvalue weighted by molar-refractivity contribution is 5.92. The van der Waals surface area contributed by atoms with Gasteiger partial charge in [-0.2, -0.15) is 10.2 Å². The fourth-order valence-corrected chi connectivity index (χ4v) is 5.58. The molecule has 35 heavy (non-hydrogen) atoms. The molecule has 2 atom stereocenters. The largest absolute Gasteiger partial charge is 0.356 e. The minimum atomic E-state index is -0.185. The van der Waals surface area contributed by atoms with Crippen LogP contribution in [0.4, 0.5) is 0 Å². The molecule has 1 saturated carbocycles. The van der Waals surface area contributed by atoms with Crippen molar-refractivity contribution in [3.63, 3.8) is 0 Å². The second-order valence-electron chi connectivity index (χ2n) is 9.90. The summed E-state index contributed by atoms with van der Waals surface area (Å²) < 4.78 is 3.50. The smallest absolute Gasteiger partial charge is 0.270 e. The molecule has 1 saturated heterocycles. The van der Waals surface area contributed by atoms with Crippen LogP contribution in [0.15, 0.2) is 30.7 Å². The van der Waals surface area contributed by atoms with E-state index in [2.05, 4.69) is 20.8 Å². The van der Waals surface area contributed by atoms with Gasteiger partial charge in [-0.3, -0.25) is 14.3 Å². The first kappa shape index (κ1) is 23.5. The third-order valence-electron chi connectivity index (χ3n) is 7.50. The maximum absolute atomic E-state index is 13.3. The molecule has 0 aromatic carbocycles. The lowest BCUT2D eigenvalue weighted by molar-refractivity contribution is -0.126. The molecule has 0 radical (unpaired) electrons.